The molecule has 1 heterocycles. The summed E-state index contributed by atoms with van der Waals surface area (Å²) in [6.07, 6.45) is 4.04. The minimum atomic E-state index is -1.01. The molecular formula is C9H8BrNO3. The van der Waals surface area contributed by atoms with Gasteiger partial charge in [-0.05, 0) is 28.1 Å². The van der Waals surface area contributed by atoms with E-state index < -0.39 is 5.97 Å². The smallest absolute Gasteiger partial charge is 0.328 e. The molecule has 0 amide bonds. The van der Waals surface area contributed by atoms with Crippen molar-refractivity contribution in [3.8, 4) is 5.88 Å². The molecule has 0 aliphatic rings. The van der Waals surface area contributed by atoms with Gasteiger partial charge in [0.1, 0.15) is 0 Å². The van der Waals surface area contributed by atoms with E-state index in [0.717, 1.165) is 10.5 Å². The Morgan fingerprint density at radius 1 is 1.71 bits per heavy atom. The number of rotatable bonds is 3. The third-order valence-electron chi connectivity index (χ3n) is 1.44. The van der Waals surface area contributed by atoms with Crippen molar-refractivity contribution in [3.63, 3.8) is 0 Å². The zero-order valence-corrected chi connectivity index (χ0v) is 8.98. The highest BCUT2D eigenvalue weighted by Gasteiger charge is 2.02. The summed E-state index contributed by atoms with van der Waals surface area (Å²) in [6, 6.07) is 1.73. The van der Waals surface area contributed by atoms with Crippen LogP contribution < -0.4 is 4.74 Å². The highest BCUT2D eigenvalue weighted by Crippen LogP contribution is 2.20. The van der Waals surface area contributed by atoms with Crippen LogP contribution in [0.3, 0.4) is 0 Å². The SMILES string of the molecule is COc1ncc(Br)cc1C=CC(=O)O. The van der Waals surface area contributed by atoms with E-state index in [1.165, 1.54) is 13.2 Å². The largest absolute Gasteiger partial charge is 0.481 e. The van der Waals surface area contributed by atoms with Gasteiger partial charge in [0.2, 0.25) is 5.88 Å². The molecule has 74 valence electrons. The Bertz CT molecular complexity index is 376. The first kappa shape index (κ1) is 10.7. The molecule has 1 rings (SSSR count). The van der Waals surface area contributed by atoms with Crippen LogP contribution in [-0.4, -0.2) is 23.2 Å². The number of carboxylic acid groups (broad SMARTS) is 1. The van der Waals surface area contributed by atoms with Crippen LogP contribution in [0.15, 0.2) is 22.8 Å². The zero-order chi connectivity index (χ0) is 10.6. The highest BCUT2D eigenvalue weighted by molar-refractivity contribution is 9.10. The molecule has 5 heteroatoms. The van der Waals surface area contributed by atoms with Gasteiger partial charge < -0.3 is 9.84 Å². The quantitative estimate of drug-likeness (QED) is 0.842. The second-order valence-corrected chi connectivity index (χ2v) is 3.34. The maximum absolute atomic E-state index is 10.3. The number of ether oxygens (including phenoxy) is 1. The van der Waals surface area contributed by atoms with Gasteiger partial charge >= 0.3 is 5.97 Å². The summed E-state index contributed by atoms with van der Waals surface area (Å²) in [5, 5.41) is 8.45. The molecule has 0 bridgehead atoms. The molecule has 1 aromatic heterocycles. The van der Waals surface area contributed by atoms with Gasteiger partial charge in [0.25, 0.3) is 0 Å². The molecule has 0 aromatic carbocycles. The van der Waals surface area contributed by atoms with E-state index in [1.54, 1.807) is 12.3 Å². The third kappa shape index (κ3) is 2.85. The normalized spacial score (nSPS) is 10.4. The molecule has 1 N–H and O–H groups in total. The Labute approximate surface area is 89.4 Å². The van der Waals surface area contributed by atoms with Gasteiger partial charge in [-0.1, -0.05) is 0 Å². The molecule has 0 aliphatic carbocycles. The lowest BCUT2D eigenvalue weighted by molar-refractivity contribution is -0.131. The highest BCUT2D eigenvalue weighted by atomic mass is 79.9. The first-order chi connectivity index (χ1) is 6.63. The van der Waals surface area contributed by atoms with Crippen LogP contribution in [0.25, 0.3) is 6.08 Å². The molecule has 0 radical (unpaired) electrons. The van der Waals surface area contributed by atoms with E-state index in [4.69, 9.17) is 9.84 Å². The van der Waals surface area contributed by atoms with Crippen molar-refractivity contribution < 1.29 is 14.6 Å². The van der Waals surface area contributed by atoms with E-state index >= 15 is 0 Å². The number of nitrogens with zero attached hydrogens (tertiary/aromatic N) is 1. The Hall–Kier alpha value is -1.36. The average molecular weight is 258 g/mol. The summed E-state index contributed by atoms with van der Waals surface area (Å²) < 4.78 is 5.72. The Kier molecular flexibility index (Phi) is 3.64. The molecule has 4 nitrogen and oxygen atoms in total. The van der Waals surface area contributed by atoms with Crippen LogP contribution in [0.4, 0.5) is 0 Å². The zero-order valence-electron chi connectivity index (χ0n) is 7.40. The van der Waals surface area contributed by atoms with Crippen LogP contribution in [-0.2, 0) is 4.79 Å². The lowest BCUT2D eigenvalue weighted by Crippen LogP contribution is -1.92. The van der Waals surface area contributed by atoms with E-state index in [1.807, 2.05) is 0 Å². The topological polar surface area (TPSA) is 59.4 Å². The van der Waals surface area contributed by atoms with Crippen molar-refractivity contribution >= 4 is 28.0 Å². The lowest BCUT2D eigenvalue weighted by atomic mass is 10.2. The molecule has 0 unspecified atom stereocenters. The van der Waals surface area contributed by atoms with Crippen LogP contribution in [0.1, 0.15) is 5.56 Å². The molecule has 0 atom stereocenters. The van der Waals surface area contributed by atoms with Gasteiger partial charge in [0, 0.05) is 22.3 Å². The second-order valence-electron chi connectivity index (χ2n) is 2.42. The van der Waals surface area contributed by atoms with Gasteiger partial charge in [-0.25, -0.2) is 9.78 Å². The van der Waals surface area contributed by atoms with Crippen LogP contribution in [0.5, 0.6) is 5.88 Å². The molecule has 14 heavy (non-hydrogen) atoms. The van der Waals surface area contributed by atoms with E-state index in [9.17, 15) is 4.79 Å². The van der Waals surface area contributed by atoms with Crippen molar-refractivity contribution in [1.29, 1.82) is 0 Å². The fourth-order valence-corrected chi connectivity index (χ4v) is 1.24. The summed E-state index contributed by atoms with van der Waals surface area (Å²) >= 11 is 3.23. The fourth-order valence-electron chi connectivity index (χ4n) is 0.893. The van der Waals surface area contributed by atoms with Crippen molar-refractivity contribution in [2.45, 2.75) is 0 Å². The van der Waals surface area contributed by atoms with Crippen molar-refractivity contribution in [2.24, 2.45) is 0 Å². The van der Waals surface area contributed by atoms with Gasteiger partial charge in [-0.2, -0.15) is 0 Å². The maximum Gasteiger partial charge on any atom is 0.328 e. The molecule has 0 saturated carbocycles. The molecule has 0 spiro atoms. The number of methoxy groups -OCH3 is 1. The number of hydrogen-bond donors (Lipinski definition) is 1. The Morgan fingerprint density at radius 3 is 3.00 bits per heavy atom. The summed E-state index contributed by atoms with van der Waals surface area (Å²) in [5.74, 6) is -0.613. The first-order valence-electron chi connectivity index (χ1n) is 3.74. The maximum atomic E-state index is 10.3. The van der Waals surface area contributed by atoms with Crippen molar-refractivity contribution in [3.05, 3.63) is 28.4 Å². The van der Waals surface area contributed by atoms with Gasteiger partial charge in [0.05, 0.1) is 7.11 Å². The Morgan fingerprint density at radius 2 is 2.43 bits per heavy atom. The molecule has 1 aromatic rings. The van der Waals surface area contributed by atoms with Crippen LogP contribution in [0, 0.1) is 0 Å². The summed E-state index contributed by atoms with van der Waals surface area (Å²) in [5.41, 5.74) is 0.615. The molecule has 0 aliphatic heterocycles. The van der Waals surface area contributed by atoms with Gasteiger partial charge in [0.15, 0.2) is 0 Å². The number of halogens is 1. The standard InChI is InChI=1S/C9H8BrNO3/c1-14-9-6(2-3-8(12)13)4-7(10)5-11-9/h2-5H,1H3,(H,12,13). The third-order valence-corrected chi connectivity index (χ3v) is 1.88. The number of aliphatic carboxylic acids is 1. The second kappa shape index (κ2) is 4.76. The van der Waals surface area contributed by atoms with Crippen molar-refractivity contribution in [2.75, 3.05) is 7.11 Å². The van der Waals surface area contributed by atoms with Crippen LogP contribution >= 0.6 is 15.9 Å². The summed E-state index contributed by atoms with van der Waals surface area (Å²) in [6.45, 7) is 0. The fraction of sp³-hybridized carbons (Fsp3) is 0.111. The number of pyridine rings is 1. The average Bonchev–Trinajstić information content (AvgIpc) is 2.15. The lowest BCUT2D eigenvalue weighted by Gasteiger charge is -2.02. The molecule has 0 fully saturated rings. The first-order valence-corrected chi connectivity index (χ1v) is 4.53. The van der Waals surface area contributed by atoms with E-state index in [2.05, 4.69) is 20.9 Å². The number of carboxylic acids is 1. The minimum absolute atomic E-state index is 0.394. The molecular weight excluding hydrogens is 250 g/mol. The van der Waals surface area contributed by atoms with Gasteiger partial charge in [-0.15, -0.1) is 0 Å². The predicted molar refractivity (Wildman–Crippen MR) is 55.2 cm³/mol. The van der Waals surface area contributed by atoms with Gasteiger partial charge in [-0.3, -0.25) is 0 Å². The van der Waals surface area contributed by atoms with E-state index in [-0.39, 0.29) is 0 Å². The molecule has 0 saturated heterocycles. The monoisotopic (exact) mass is 257 g/mol. The number of aromatic nitrogens is 1. The Balaban J connectivity index is 3.04. The number of carbonyl (C=O) groups is 1. The summed E-state index contributed by atoms with van der Waals surface area (Å²) in [7, 11) is 1.48. The summed E-state index contributed by atoms with van der Waals surface area (Å²) in [4.78, 5) is 14.3. The predicted octanol–water partition coefficient (Wildman–Crippen LogP) is 1.95. The van der Waals surface area contributed by atoms with Crippen molar-refractivity contribution in [1.82, 2.24) is 4.98 Å². The number of hydrogen-bond acceptors (Lipinski definition) is 3. The van der Waals surface area contributed by atoms with Crippen LogP contribution in [0.2, 0.25) is 0 Å². The van der Waals surface area contributed by atoms with E-state index in [0.29, 0.717) is 11.4 Å². The minimum Gasteiger partial charge on any atom is -0.481 e.